The van der Waals surface area contributed by atoms with Gasteiger partial charge in [-0.2, -0.15) is 0 Å². The van der Waals surface area contributed by atoms with Crippen molar-refractivity contribution in [3.63, 3.8) is 0 Å². The van der Waals surface area contributed by atoms with E-state index in [-0.39, 0.29) is 18.6 Å². The van der Waals surface area contributed by atoms with E-state index in [9.17, 15) is 4.79 Å². The molecule has 2 rings (SSSR count). The highest BCUT2D eigenvalue weighted by Crippen LogP contribution is 2.32. The molecule has 1 unspecified atom stereocenters. The Morgan fingerprint density at radius 2 is 2.16 bits per heavy atom. The summed E-state index contributed by atoms with van der Waals surface area (Å²) < 4.78 is 10.6. The summed E-state index contributed by atoms with van der Waals surface area (Å²) in [6, 6.07) is 5.73. The molecule has 0 saturated heterocycles. The fourth-order valence-corrected chi connectivity index (χ4v) is 2.14. The van der Waals surface area contributed by atoms with E-state index in [1.807, 2.05) is 25.1 Å². The Morgan fingerprint density at radius 3 is 2.84 bits per heavy atom. The van der Waals surface area contributed by atoms with Gasteiger partial charge in [0, 0.05) is 20.1 Å². The summed E-state index contributed by atoms with van der Waals surface area (Å²) in [6.45, 7) is 3.18. The van der Waals surface area contributed by atoms with Crippen molar-refractivity contribution in [1.29, 1.82) is 0 Å². The van der Waals surface area contributed by atoms with E-state index in [4.69, 9.17) is 15.2 Å². The van der Waals surface area contributed by atoms with Crippen LogP contribution in [0.15, 0.2) is 18.2 Å². The van der Waals surface area contributed by atoms with Gasteiger partial charge >= 0.3 is 0 Å². The third-order valence-corrected chi connectivity index (χ3v) is 3.36. The molecule has 0 radical (unpaired) electrons. The van der Waals surface area contributed by atoms with Crippen molar-refractivity contribution in [2.45, 2.75) is 19.9 Å². The summed E-state index contributed by atoms with van der Waals surface area (Å²) >= 11 is 0. The Labute approximate surface area is 113 Å². The van der Waals surface area contributed by atoms with E-state index in [0.29, 0.717) is 13.1 Å². The Kier molecular flexibility index (Phi) is 4.27. The minimum Gasteiger partial charge on any atom is -0.454 e. The van der Waals surface area contributed by atoms with E-state index < -0.39 is 0 Å². The molecule has 19 heavy (non-hydrogen) atoms. The van der Waals surface area contributed by atoms with Crippen molar-refractivity contribution in [2.24, 2.45) is 11.7 Å². The number of ether oxygens (including phenoxy) is 2. The van der Waals surface area contributed by atoms with E-state index in [0.717, 1.165) is 23.5 Å². The molecule has 1 atom stereocenters. The molecule has 1 heterocycles. The van der Waals surface area contributed by atoms with Crippen LogP contribution in [0.3, 0.4) is 0 Å². The van der Waals surface area contributed by atoms with Gasteiger partial charge in [0.05, 0.1) is 5.92 Å². The van der Waals surface area contributed by atoms with E-state index in [1.54, 1.807) is 11.9 Å². The molecule has 0 spiro atoms. The maximum absolute atomic E-state index is 12.1. The normalized spacial score (nSPS) is 14.3. The quantitative estimate of drug-likeness (QED) is 0.872. The van der Waals surface area contributed by atoms with Gasteiger partial charge < -0.3 is 20.1 Å². The first kappa shape index (κ1) is 13.7. The fraction of sp³-hybridized carbons (Fsp3) is 0.500. The smallest absolute Gasteiger partial charge is 0.231 e. The third-order valence-electron chi connectivity index (χ3n) is 3.36. The van der Waals surface area contributed by atoms with Gasteiger partial charge in [0.2, 0.25) is 12.7 Å². The summed E-state index contributed by atoms with van der Waals surface area (Å²) in [4.78, 5) is 13.8. The number of benzene rings is 1. The van der Waals surface area contributed by atoms with Crippen LogP contribution in [-0.4, -0.2) is 31.2 Å². The van der Waals surface area contributed by atoms with Crippen molar-refractivity contribution in [3.05, 3.63) is 23.8 Å². The maximum Gasteiger partial charge on any atom is 0.231 e. The SMILES string of the molecule is CCC(CN)C(=O)N(C)Cc1ccc2c(c1)OCO2. The molecular formula is C14H20N2O3. The predicted molar refractivity (Wildman–Crippen MR) is 71.9 cm³/mol. The predicted octanol–water partition coefficient (Wildman–Crippen LogP) is 1.36. The molecule has 5 nitrogen and oxygen atoms in total. The fourth-order valence-electron chi connectivity index (χ4n) is 2.14. The molecule has 0 aromatic heterocycles. The third kappa shape index (κ3) is 2.98. The van der Waals surface area contributed by atoms with Crippen LogP contribution < -0.4 is 15.2 Å². The summed E-state index contributed by atoms with van der Waals surface area (Å²) in [6.07, 6.45) is 0.765. The largest absolute Gasteiger partial charge is 0.454 e. The zero-order valence-corrected chi connectivity index (χ0v) is 11.4. The molecule has 1 aliphatic heterocycles. The second kappa shape index (κ2) is 5.93. The minimum absolute atomic E-state index is 0.0858. The first-order valence-corrected chi connectivity index (χ1v) is 6.49. The average molecular weight is 264 g/mol. The molecule has 0 aliphatic carbocycles. The highest BCUT2D eigenvalue weighted by molar-refractivity contribution is 5.78. The Morgan fingerprint density at radius 1 is 1.42 bits per heavy atom. The number of fused-ring (bicyclic) bond motifs is 1. The summed E-state index contributed by atoms with van der Waals surface area (Å²) in [5.41, 5.74) is 6.63. The number of nitrogens with two attached hydrogens (primary N) is 1. The van der Waals surface area contributed by atoms with Crippen LogP contribution in [0, 0.1) is 5.92 Å². The monoisotopic (exact) mass is 264 g/mol. The second-order valence-corrected chi connectivity index (χ2v) is 4.72. The number of hydrogen-bond donors (Lipinski definition) is 1. The molecule has 5 heteroatoms. The van der Waals surface area contributed by atoms with Crippen LogP contribution in [0.25, 0.3) is 0 Å². The zero-order valence-electron chi connectivity index (χ0n) is 11.4. The Bertz CT molecular complexity index is 458. The lowest BCUT2D eigenvalue weighted by molar-refractivity contribution is -0.134. The summed E-state index contributed by atoms with van der Waals surface area (Å²) in [7, 11) is 1.80. The molecule has 1 amide bonds. The van der Waals surface area contributed by atoms with Crippen molar-refractivity contribution in [3.8, 4) is 11.5 Å². The molecule has 0 fully saturated rings. The summed E-state index contributed by atoms with van der Waals surface area (Å²) in [5.74, 6) is 1.48. The standard InChI is InChI=1S/C14H20N2O3/c1-3-11(7-15)14(17)16(2)8-10-4-5-12-13(6-10)19-9-18-12/h4-6,11H,3,7-9,15H2,1-2H3. The van der Waals surface area contributed by atoms with Gasteiger partial charge in [-0.05, 0) is 24.1 Å². The molecule has 0 bridgehead atoms. The zero-order chi connectivity index (χ0) is 13.8. The van der Waals surface area contributed by atoms with Gasteiger partial charge in [0.25, 0.3) is 0 Å². The van der Waals surface area contributed by atoms with Crippen LogP contribution in [-0.2, 0) is 11.3 Å². The van der Waals surface area contributed by atoms with Crippen LogP contribution >= 0.6 is 0 Å². The Hall–Kier alpha value is -1.75. The number of nitrogens with zero attached hydrogens (tertiary/aromatic N) is 1. The lowest BCUT2D eigenvalue weighted by atomic mass is 10.1. The van der Waals surface area contributed by atoms with Crippen LogP contribution in [0.2, 0.25) is 0 Å². The van der Waals surface area contributed by atoms with Crippen molar-refractivity contribution < 1.29 is 14.3 Å². The molecule has 104 valence electrons. The van der Waals surface area contributed by atoms with Gasteiger partial charge in [0.15, 0.2) is 11.5 Å². The van der Waals surface area contributed by atoms with Crippen molar-refractivity contribution in [1.82, 2.24) is 4.90 Å². The van der Waals surface area contributed by atoms with Gasteiger partial charge in [-0.3, -0.25) is 4.79 Å². The van der Waals surface area contributed by atoms with E-state index in [2.05, 4.69) is 0 Å². The number of hydrogen-bond acceptors (Lipinski definition) is 4. The summed E-state index contributed by atoms with van der Waals surface area (Å²) in [5, 5.41) is 0. The van der Waals surface area contributed by atoms with Crippen LogP contribution in [0.5, 0.6) is 11.5 Å². The molecule has 1 aliphatic rings. The topological polar surface area (TPSA) is 64.8 Å². The number of rotatable bonds is 5. The van der Waals surface area contributed by atoms with Crippen LogP contribution in [0.1, 0.15) is 18.9 Å². The van der Waals surface area contributed by atoms with Gasteiger partial charge in [-0.25, -0.2) is 0 Å². The van der Waals surface area contributed by atoms with E-state index in [1.165, 1.54) is 0 Å². The first-order chi connectivity index (χ1) is 9.15. The van der Waals surface area contributed by atoms with Crippen LogP contribution in [0.4, 0.5) is 0 Å². The first-order valence-electron chi connectivity index (χ1n) is 6.49. The van der Waals surface area contributed by atoms with Gasteiger partial charge in [-0.15, -0.1) is 0 Å². The maximum atomic E-state index is 12.1. The highest BCUT2D eigenvalue weighted by atomic mass is 16.7. The molecule has 2 N–H and O–H groups in total. The second-order valence-electron chi connectivity index (χ2n) is 4.72. The van der Waals surface area contributed by atoms with Gasteiger partial charge in [0.1, 0.15) is 0 Å². The molecule has 1 aromatic carbocycles. The lowest BCUT2D eigenvalue weighted by Crippen LogP contribution is -2.35. The number of carbonyl (C=O) groups is 1. The van der Waals surface area contributed by atoms with Crippen molar-refractivity contribution in [2.75, 3.05) is 20.4 Å². The number of amides is 1. The minimum atomic E-state index is -0.0981. The average Bonchev–Trinajstić information content (AvgIpc) is 2.87. The molecule has 1 aromatic rings. The number of carbonyl (C=O) groups excluding carboxylic acids is 1. The van der Waals surface area contributed by atoms with Gasteiger partial charge in [-0.1, -0.05) is 13.0 Å². The molecular weight excluding hydrogens is 244 g/mol. The van der Waals surface area contributed by atoms with Crippen molar-refractivity contribution >= 4 is 5.91 Å². The lowest BCUT2D eigenvalue weighted by Gasteiger charge is -2.22. The Balaban J connectivity index is 2.02. The van der Waals surface area contributed by atoms with E-state index >= 15 is 0 Å². The highest BCUT2D eigenvalue weighted by Gasteiger charge is 2.20. The molecule has 0 saturated carbocycles.